The minimum absolute atomic E-state index is 0.724. The molecule has 0 bridgehead atoms. The Morgan fingerprint density at radius 3 is 2.57 bits per heavy atom. The second-order valence-corrected chi connectivity index (χ2v) is 5.35. The number of para-hydroxylation sites is 1. The van der Waals surface area contributed by atoms with E-state index in [1.54, 1.807) is 0 Å². The van der Waals surface area contributed by atoms with E-state index in [0.717, 1.165) is 46.0 Å². The fourth-order valence-corrected chi connectivity index (χ4v) is 2.56. The van der Waals surface area contributed by atoms with Gasteiger partial charge in [0.2, 0.25) is 0 Å². The van der Waals surface area contributed by atoms with Crippen molar-refractivity contribution in [2.45, 2.75) is 19.8 Å². The van der Waals surface area contributed by atoms with E-state index in [2.05, 4.69) is 11.9 Å². The normalized spacial score (nSPS) is 10.8. The van der Waals surface area contributed by atoms with Gasteiger partial charge in [-0.3, -0.25) is 4.98 Å². The predicted octanol–water partition coefficient (Wildman–Crippen LogP) is 5.63. The first-order valence-corrected chi connectivity index (χ1v) is 7.46. The topological polar surface area (TPSA) is 22.1 Å². The number of nitrogens with zero attached hydrogens (tertiary/aromatic N) is 1. The first-order chi connectivity index (χ1) is 10.3. The highest BCUT2D eigenvalue weighted by Gasteiger charge is 2.06. The molecule has 3 rings (SSSR count). The summed E-state index contributed by atoms with van der Waals surface area (Å²) >= 11 is 6.38. The molecule has 3 aromatic rings. The van der Waals surface area contributed by atoms with Crippen molar-refractivity contribution in [2.24, 2.45) is 0 Å². The highest BCUT2D eigenvalue weighted by molar-refractivity contribution is 6.35. The van der Waals surface area contributed by atoms with Gasteiger partial charge in [0.25, 0.3) is 0 Å². The van der Waals surface area contributed by atoms with Crippen LogP contribution < -0.4 is 4.74 Å². The third-order valence-electron chi connectivity index (χ3n) is 3.27. The van der Waals surface area contributed by atoms with Gasteiger partial charge in [-0.15, -0.1) is 0 Å². The van der Waals surface area contributed by atoms with Gasteiger partial charge in [0.15, 0.2) is 0 Å². The van der Waals surface area contributed by atoms with Crippen molar-refractivity contribution >= 4 is 22.5 Å². The van der Waals surface area contributed by atoms with Gasteiger partial charge in [0.05, 0.1) is 10.5 Å². The van der Waals surface area contributed by atoms with Gasteiger partial charge < -0.3 is 4.74 Å². The van der Waals surface area contributed by atoms with Crippen LogP contribution in [0.3, 0.4) is 0 Å². The summed E-state index contributed by atoms with van der Waals surface area (Å²) in [6, 6.07) is 17.5. The number of aryl methyl sites for hydroxylation is 1. The predicted molar refractivity (Wildman–Crippen MR) is 87.3 cm³/mol. The lowest BCUT2D eigenvalue weighted by atomic mass is 10.1. The van der Waals surface area contributed by atoms with Gasteiger partial charge in [-0.05, 0) is 42.8 Å². The Morgan fingerprint density at radius 2 is 1.81 bits per heavy atom. The van der Waals surface area contributed by atoms with Crippen molar-refractivity contribution in [2.75, 3.05) is 0 Å². The van der Waals surface area contributed by atoms with Crippen LogP contribution in [0.2, 0.25) is 5.02 Å². The van der Waals surface area contributed by atoms with Gasteiger partial charge in [-0.2, -0.15) is 0 Å². The van der Waals surface area contributed by atoms with Crippen LogP contribution in [0.1, 0.15) is 19.0 Å². The van der Waals surface area contributed by atoms with Gasteiger partial charge in [0, 0.05) is 11.1 Å². The molecule has 1 aromatic heterocycles. The van der Waals surface area contributed by atoms with Gasteiger partial charge >= 0.3 is 0 Å². The first kappa shape index (κ1) is 13.9. The van der Waals surface area contributed by atoms with E-state index in [4.69, 9.17) is 16.3 Å². The van der Waals surface area contributed by atoms with E-state index in [1.165, 1.54) is 0 Å². The molecule has 21 heavy (non-hydrogen) atoms. The highest BCUT2D eigenvalue weighted by Crippen LogP contribution is 2.29. The summed E-state index contributed by atoms with van der Waals surface area (Å²) in [6.45, 7) is 2.14. The number of hydrogen-bond acceptors (Lipinski definition) is 2. The van der Waals surface area contributed by atoms with Crippen LogP contribution in [0.5, 0.6) is 11.5 Å². The Bertz CT molecular complexity index is 756. The van der Waals surface area contributed by atoms with Gasteiger partial charge in [0.1, 0.15) is 11.5 Å². The molecule has 0 aliphatic carbocycles. The molecule has 0 unspecified atom stereocenters. The molecule has 0 aliphatic rings. The summed E-state index contributed by atoms with van der Waals surface area (Å²) in [5.74, 6) is 1.57. The number of hydrogen-bond donors (Lipinski definition) is 0. The minimum Gasteiger partial charge on any atom is -0.457 e. The lowest BCUT2D eigenvalue weighted by Gasteiger charge is -2.08. The van der Waals surface area contributed by atoms with E-state index < -0.39 is 0 Å². The summed E-state index contributed by atoms with van der Waals surface area (Å²) in [7, 11) is 0. The van der Waals surface area contributed by atoms with E-state index >= 15 is 0 Å². The highest BCUT2D eigenvalue weighted by atomic mass is 35.5. The average Bonchev–Trinajstić information content (AvgIpc) is 2.49. The monoisotopic (exact) mass is 297 g/mol. The number of benzene rings is 2. The first-order valence-electron chi connectivity index (χ1n) is 7.08. The van der Waals surface area contributed by atoms with Crippen LogP contribution >= 0.6 is 11.6 Å². The molecule has 0 saturated carbocycles. The van der Waals surface area contributed by atoms with Crippen LogP contribution in [0, 0.1) is 0 Å². The maximum Gasteiger partial charge on any atom is 0.128 e. The summed E-state index contributed by atoms with van der Waals surface area (Å²) < 4.78 is 5.83. The minimum atomic E-state index is 0.724. The number of rotatable bonds is 4. The Hall–Kier alpha value is -2.06. The molecule has 106 valence electrons. The summed E-state index contributed by atoms with van der Waals surface area (Å²) in [6.07, 6.45) is 2.00. The number of halogens is 1. The molecular weight excluding hydrogens is 282 g/mol. The molecule has 1 heterocycles. The fraction of sp³-hybridized carbons (Fsp3) is 0.167. The molecule has 2 aromatic carbocycles. The quantitative estimate of drug-likeness (QED) is 0.622. The van der Waals surface area contributed by atoms with Crippen molar-refractivity contribution in [1.82, 2.24) is 4.98 Å². The van der Waals surface area contributed by atoms with E-state index in [1.807, 2.05) is 54.6 Å². The zero-order valence-corrected chi connectivity index (χ0v) is 12.6. The summed E-state index contributed by atoms with van der Waals surface area (Å²) in [5.41, 5.74) is 1.94. The maximum atomic E-state index is 6.38. The molecule has 0 spiro atoms. The van der Waals surface area contributed by atoms with Crippen LogP contribution in [0.15, 0.2) is 54.6 Å². The Morgan fingerprint density at radius 1 is 1.00 bits per heavy atom. The SMILES string of the molecule is CCCc1cc(Cl)c2cc(Oc3ccccc3)ccc2n1. The van der Waals surface area contributed by atoms with E-state index in [-0.39, 0.29) is 0 Å². The second kappa shape index (κ2) is 6.15. The lowest BCUT2D eigenvalue weighted by Crippen LogP contribution is -1.91. The zero-order chi connectivity index (χ0) is 14.7. The van der Waals surface area contributed by atoms with Crippen LogP contribution in [-0.2, 0) is 6.42 Å². The fourth-order valence-electron chi connectivity index (χ4n) is 2.29. The number of ether oxygens (including phenoxy) is 1. The number of aromatic nitrogens is 1. The molecule has 0 aliphatic heterocycles. The van der Waals surface area contributed by atoms with Crippen molar-refractivity contribution < 1.29 is 4.74 Å². The number of pyridine rings is 1. The van der Waals surface area contributed by atoms with E-state index in [9.17, 15) is 0 Å². The van der Waals surface area contributed by atoms with Crippen LogP contribution in [0.25, 0.3) is 10.9 Å². The molecule has 0 amide bonds. The number of fused-ring (bicyclic) bond motifs is 1. The standard InChI is InChI=1S/C18H16ClNO/c1-2-6-13-11-17(19)16-12-15(9-10-18(16)20-13)21-14-7-4-3-5-8-14/h3-5,7-12H,2,6H2,1H3. The van der Waals surface area contributed by atoms with E-state index in [0.29, 0.717) is 0 Å². The summed E-state index contributed by atoms with van der Waals surface area (Å²) in [4.78, 5) is 4.63. The molecule has 3 heteroatoms. The smallest absolute Gasteiger partial charge is 0.128 e. The van der Waals surface area contributed by atoms with Crippen molar-refractivity contribution in [1.29, 1.82) is 0 Å². The molecule has 0 N–H and O–H groups in total. The van der Waals surface area contributed by atoms with Crippen LogP contribution in [-0.4, -0.2) is 4.98 Å². The van der Waals surface area contributed by atoms with Crippen LogP contribution in [0.4, 0.5) is 0 Å². The third kappa shape index (κ3) is 3.17. The van der Waals surface area contributed by atoms with Gasteiger partial charge in [-0.1, -0.05) is 43.1 Å². The molecule has 0 radical (unpaired) electrons. The molecule has 0 saturated heterocycles. The average molecular weight is 298 g/mol. The zero-order valence-electron chi connectivity index (χ0n) is 11.8. The van der Waals surface area contributed by atoms with Crippen molar-refractivity contribution in [3.8, 4) is 11.5 Å². The maximum absolute atomic E-state index is 6.38. The van der Waals surface area contributed by atoms with Crippen molar-refractivity contribution in [3.63, 3.8) is 0 Å². The van der Waals surface area contributed by atoms with Crippen molar-refractivity contribution in [3.05, 3.63) is 65.3 Å². The molecule has 0 fully saturated rings. The second-order valence-electron chi connectivity index (χ2n) is 4.94. The third-order valence-corrected chi connectivity index (χ3v) is 3.58. The Labute approximate surface area is 129 Å². The summed E-state index contributed by atoms with van der Waals surface area (Å²) in [5, 5.41) is 1.65. The molecule has 0 atom stereocenters. The lowest BCUT2D eigenvalue weighted by molar-refractivity contribution is 0.483. The molecule has 2 nitrogen and oxygen atoms in total. The molecular formula is C18H16ClNO. The Balaban J connectivity index is 1.96. The van der Waals surface area contributed by atoms with Gasteiger partial charge in [-0.25, -0.2) is 0 Å². The largest absolute Gasteiger partial charge is 0.457 e. The Kier molecular flexibility index (Phi) is 4.07.